The van der Waals surface area contributed by atoms with Gasteiger partial charge in [-0.25, -0.2) is 16.8 Å². The predicted molar refractivity (Wildman–Crippen MR) is 115 cm³/mol. The van der Waals surface area contributed by atoms with Crippen LogP contribution in [0.2, 0.25) is 0 Å². The van der Waals surface area contributed by atoms with Gasteiger partial charge in [0, 0.05) is 32.7 Å². The van der Waals surface area contributed by atoms with E-state index in [2.05, 4.69) is 17.1 Å². The van der Waals surface area contributed by atoms with Crippen LogP contribution in [0.15, 0.2) is 70.5 Å². The molecule has 2 aromatic carbocycles. The van der Waals surface area contributed by atoms with E-state index in [1.807, 2.05) is 30.3 Å². The molecular formula is C21H26N2O4S2. The Balaban J connectivity index is 1.59. The van der Waals surface area contributed by atoms with Crippen molar-refractivity contribution in [1.29, 1.82) is 0 Å². The lowest BCUT2D eigenvalue weighted by atomic mass is 10.2. The molecular weight excluding hydrogens is 408 g/mol. The Morgan fingerprint density at radius 1 is 0.828 bits per heavy atom. The van der Waals surface area contributed by atoms with Crippen molar-refractivity contribution >= 4 is 25.9 Å². The Morgan fingerprint density at radius 3 is 2.00 bits per heavy atom. The van der Waals surface area contributed by atoms with Gasteiger partial charge in [-0.3, -0.25) is 4.90 Å². The minimum atomic E-state index is -3.62. The van der Waals surface area contributed by atoms with Crippen LogP contribution in [0.3, 0.4) is 0 Å². The third-order valence-corrected chi connectivity index (χ3v) is 8.67. The van der Waals surface area contributed by atoms with Gasteiger partial charge in [-0.05, 0) is 29.8 Å². The van der Waals surface area contributed by atoms with Gasteiger partial charge in [0.2, 0.25) is 10.0 Å². The fraction of sp³-hybridized carbons (Fsp3) is 0.333. The Labute approximate surface area is 173 Å². The van der Waals surface area contributed by atoms with E-state index in [9.17, 15) is 16.8 Å². The number of rotatable bonds is 7. The standard InChI is InChI=1S/C21H26N2O4S2/c1-2-28(24,25)20-10-12-21(13-11-20)29(26,27)23-17-15-22(16-18-23)14-6-9-19-7-4-3-5-8-19/h3-13H,2,14-18H2,1H3/b9-6+. The molecule has 0 aromatic heterocycles. The maximum Gasteiger partial charge on any atom is 0.243 e. The smallest absolute Gasteiger partial charge is 0.243 e. The monoisotopic (exact) mass is 434 g/mol. The summed E-state index contributed by atoms with van der Waals surface area (Å²) in [6, 6.07) is 15.6. The van der Waals surface area contributed by atoms with E-state index >= 15 is 0 Å². The second kappa shape index (κ2) is 9.21. The molecule has 0 atom stereocenters. The summed E-state index contributed by atoms with van der Waals surface area (Å²) in [7, 11) is -6.97. The van der Waals surface area contributed by atoms with Crippen LogP contribution in [0.25, 0.3) is 6.08 Å². The molecule has 1 saturated heterocycles. The SMILES string of the molecule is CCS(=O)(=O)c1ccc(S(=O)(=O)N2CCN(C/C=C/c3ccccc3)CC2)cc1. The van der Waals surface area contributed by atoms with Crippen LogP contribution in [0.1, 0.15) is 12.5 Å². The molecule has 0 N–H and O–H groups in total. The number of piperazine rings is 1. The highest BCUT2D eigenvalue weighted by molar-refractivity contribution is 7.91. The quantitative estimate of drug-likeness (QED) is 0.669. The summed E-state index contributed by atoms with van der Waals surface area (Å²) in [5, 5.41) is 0. The molecule has 3 rings (SSSR count). The molecule has 1 aliphatic rings. The molecule has 0 unspecified atom stereocenters. The summed E-state index contributed by atoms with van der Waals surface area (Å²) >= 11 is 0. The van der Waals surface area contributed by atoms with Crippen LogP contribution in [0.4, 0.5) is 0 Å². The van der Waals surface area contributed by atoms with Gasteiger partial charge in [0.15, 0.2) is 9.84 Å². The van der Waals surface area contributed by atoms with Crippen molar-refractivity contribution in [2.45, 2.75) is 16.7 Å². The summed E-state index contributed by atoms with van der Waals surface area (Å²) in [6.45, 7) is 4.47. The third kappa shape index (κ3) is 5.33. The molecule has 0 amide bonds. The van der Waals surface area contributed by atoms with Crippen molar-refractivity contribution in [1.82, 2.24) is 9.21 Å². The van der Waals surface area contributed by atoms with Crippen LogP contribution >= 0.6 is 0 Å². The van der Waals surface area contributed by atoms with Crippen molar-refractivity contribution in [2.75, 3.05) is 38.5 Å². The summed E-state index contributed by atoms with van der Waals surface area (Å²) in [5.74, 6) is -0.0141. The Hall–Kier alpha value is -2.00. The molecule has 0 radical (unpaired) electrons. The zero-order chi connectivity index (χ0) is 20.9. The predicted octanol–water partition coefficient (Wildman–Crippen LogP) is 2.50. The zero-order valence-electron chi connectivity index (χ0n) is 16.4. The fourth-order valence-corrected chi connectivity index (χ4v) is 5.50. The van der Waals surface area contributed by atoms with Crippen molar-refractivity contribution in [2.24, 2.45) is 0 Å². The molecule has 0 aliphatic carbocycles. The molecule has 1 fully saturated rings. The number of sulfonamides is 1. The molecule has 8 heteroatoms. The number of nitrogens with zero attached hydrogens (tertiary/aromatic N) is 2. The second-order valence-electron chi connectivity index (χ2n) is 6.89. The van der Waals surface area contributed by atoms with Crippen molar-refractivity contribution in [3.05, 3.63) is 66.2 Å². The van der Waals surface area contributed by atoms with Crippen molar-refractivity contribution in [3.8, 4) is 0 Å². The van der Waals surface area contributed by atoms with Crippen LogP contribution in [0, 0.1) is 0 Å². The molecule has 1 heterocycles. The second-order valence-corrected chi connectivity index (χ2v) is 11.1. The summed E-state index contributed by atoms with van der Waals surface area (Å²) < 4.78 is 51.0. The van der Waals surface area contributed by atoms with E-state index in [0.29, 0.717) is 26.2 Å². The van der Waals surface area contributed by atoms with E-state index in [0.717, 1.165) is 12.1 Å². The lowest BCUT2D eigenvalue weighted by Gasteiger charge is -2.33. The van der Waals surface area contributed by atoms with E-state index in [1.54, 1.807) is 6.92 Å². The first-order valence-corrected chi connectivity index (χ1v) is 12.7. The topological polar surface area (TPSA) is 74.8 Å². The van der Waals surface area contributed by atoms with Gasteiger partial charge in [-0.15, -0.1) is 0 Å². The first-order valence-electron chi connectivity index (χ1n) is 9.60. The van der Waals surface area contributed by atoms with Gasteiger partial charge >= 0.3 is 0 Å². The van der Waals surface area contributed by atoms with E-state index < -0.39 is 19.9 Å². The van der Waals surface area contributed by atoms with Gasteiger partial charge in [-0.2, -0.15) is 4.31 Å². The van der Waals surface area contributed by atoms with Crippen molar-refractivity contribution < 1.29 is 16.8 Å². The summed E-state index contributed by atoms with van der Waals surface area (Å²) in [5.41, 5.74) is 1.14. The van der Waals surface area contributed by atoms with Gasteiger partial charge in [0.05, 0.1) is 15.5 Å². The minimum absolute atomic E-state index is 0.0141. The normalized spacial score (nSPS) is 17.0. The van der Waals surface area contributed by atoms with Crippen LogP contribution in [0.5, 0.6) is 0 Å². The molecule has 156 valence electrons. The van der Waals surface area contributed by atoms with Crippen LogP contribution in [-0.2, 0) is 19.9 Å². The van der Waals surface area contributed by atoms with E-state index in [4.69, 9.17) is 0 Å². The van der Waals surface area contributed by atoms with E-state index in [1.165, 1.54) is 28.6 Å². The number of sulfone groups is 1. The maximum atomic E-state index is 12.9. The number of hydrogen-bond donors (Lipinski definition) is 0. The molecule has 0 bridgehead atoms. The van der Waals surface area contributed by atoms with Gasteiger partial charge in [0.25, 0.3) is 0 Å². The molecule has 2 aromatic rings. The number of benzene rings is 2. The molecule has 29 heavy (non-hydrogen) atoms. The molecule has 6 nitrogen and oxygen atoms in total. The first-order chi connectivity index (χ1) is 13.8. The lowest BCUT2D eigenvalue weighted by Crippen LogP contribution is -2.48. The average Bonchev–Trinajstić information content (AvgIpc) is 2.75. The Kier molecular flexibility index (Phi) is 6.89. The van der Waals surface area contributed by atoms with E-state index in [-0.39, 0.29) is 15.5 Å². The molecule has 0 spiro atoms. The lowest BCUT2D eigenvalue weighted by molar-refractivity contribution is 0.204. The number of hydrogen-bond acceptors (Lipinski definition) is 5. The summed E-state index contributed by atoms with van der Waals surface area (Å²) in [6.07, 6.45) is 4.15. The Bertz CT molecular complexity index is 1040. The third-order valence-electron chi connectivity index (χ3n) is 5.01. The highest BCUT2D eigenvalue weighted by Gasteiger charge is 2.28. The average molecular weight is 435 g/mol. The van der Waals surface area contributed by atoms with Gasteiger partial charge in [0.1, 0.15) is 0 Å². The Morgan fingerprint density at radius 2 is 1.41 bits per heavy atom. The maximum absolute atomic E-state index is 12.9. The molecule has 1 aliphatic heterocycles. The fourth-order valence-electron chi connectivity index (χ4n) is 3.19. The first kappa shape index (κ1) is 21.7. The summed E-state index contributed by atoms with van der Waals surface area (Å²) in [4.78, 5) is 2.49. The van der Waals surface area contributed by atoms with Crippen LogP contribution in [-0.4, -0.2) is 64.5 Å². The van der Waals surface area contributed by atoms with Gasteiger partial charge in [-0.1, -0.05) is 49.4 Å². The minimum Gasteiger partial charge on any atom is -0.297 e. The van der Waals surface area contributed by atoms with Gasteiger partial charge < -0.3 is 0 Å². The molecule has 0 saturated carbocycles. The largest absolute Gasteiger partial charge is 0.297 e. The van der Waals surface area contributed by atoms with Crippen LogP contribution < -0.4 is 0 Å². The highest BCUT2D eigenvalue weighted by Crippen LogP contribution is 2.20. The zero-order valence-corrected chi connectivity index (χ0v) is 18.1. The highest BCUT2D eigenvalue weighted by atomic mass is 32.2. The van der Waals surface area contributed by atoms with Crippen molar-refractivity contribution in [3.63, 3.8) is 0 Å².